The molecular formula is C80H151NO5. The lowest BCUT2D eigenvalue weighted by Gasteiger charge is -2.20. The van der Waals surface area contributed by atoms with Gasteiger partial charge in [0.2, 0.25) is 5.91 Å². The minimum atomic E-state index is -0.845. The number of esters is 1. The third-order valence-corrected chi connectivity index (χ3v) is 18.1. The van der Waals surface area contributed by atoms with Crippen molar-refractivity contribution in [2.24, 2.45) is 0 Å². The minimum Gasteiger partial charge on any atom is -0.466 e. The lowest BCUT2D eigenvalue weighted by Crippen LogP contribution is -2.45. The average molecular weight is 1210 g/mol. The molecule has 2 unspecified atom stereocenters. The van der Waals surface area contributed by atoms with E-state index in [0.717, 1.165) is 51.4 Å². The van der Waals surface area contributed by atoms with Gasteiger partial charge in [-0.2, -0.15) is 0 Å². The van der Waals surface area contributed by atoms with Gasteiger partial charge < -0.3 is 20.3 Å². The van der Waals surface area contributed by atoms with Crippen LogP contribution < -0.4 is 5.32 Å². The smallest absolute Gasteiger partial charge is 0.305 e. The molecule has 0 radical (unpaired) electrons. The number of aliphatic hydroxyl groups is 2. The Kier molecular flexibility index (Phi) is 73.4. The molecule has 0 rings (SSSR count). The maximum Gasteiger partial charge on any atom is 0.305 e. The van der Waals surface area contributed by atoms with Gasteiger partial charge in [-0.25, -0.2) is 0 Å². The van der Waals surface area contributed by atoms with Crippen molar-refractivity contribution in [1.29, 1.82) is 0 Å². The Bertz CT molecular complexity index is 1440. The largest absolute Gasteiger partial charge is 0.466 e. The van der Waals surface area contributed by atoms with Crippen LogP contribution in [0.15, 0.2) is 48.6 Å². The lowest BCUT2D eigenvalue weighted by molar-refractivity contribution is -0.143. The summed E-state index contributed by atoms with van der Waals surface area (Å²) in [4.78, 5) is 24.6. The van der Waals surface area contributed by atoms with E-state index < -0.39 is 12.1 Å². The molecule has 0 saturated heterocycles. The van der Waals surface area contributed by atoms with E-state index in [4.69, 9.17) is 4.74 Å². The molecule has 0 aliphatic heterocycles. The van der Waals surface area contributed by atoms with Gasteiger partial charge in [0.15, 0.2) is 0 Å². The van der Waals surface area contributed by atoms with Crippen LogP contribution in [0.4, 0.5) is 0 Å². The Balaban J connectivity index is 3.39. The summed E-state index contributed by atoms with van der Waals surface area (Å²) in [6.45, 7) is 4.91. The monoisotopic (exact) mass is 1210 g/mol. The van der Waals surface area contributed by atoms with E-state index in [1.54, 1.807) is 6.08 Å². The first-order valence-electron chi connectivity index (χ1n) is 38.9. The van der Waals surface area contributed by atoms with E-state index in [0.29, 0.717) is 19.4 Å². The van der Waals surface area contributed by atoms with E-state index >= 15 is 0 Å². The highest BCUT2D eigenvalue weighted by Gasteiger charge is 2.18. The standard InChI is InChI=1S/C80H151NO5/c1-3-5-7-9-11-13-15-17-19-20-21-22-32-35-38-41-45-48-52-56-60-64-68-72-78(83)77(76-82)81-79(84)73-69-65-61-57-53-49-46-42-39-36-33-30-28-26-24-23-25-27-29-31-34-37-40-43-47-51-55-59-63-67-71-75-86-80(85)74-70-66-62-58-54-50-44-18-16-14-12-10-8-6-4-2/h12,14,18,25,27,44,68,72,77-78,82-83H,3-11,13,15-17,19-24,26,28-43,45-67,69-71,73-76H2,1-2H3,(H,81,84)/b14-12-,27-25-,44-18-,72-68+. The number of aliphatic hydroxyl groups excluding tert-OH is 2. The minimum absolute atomic E-state index is 0.00373. The van der Waals surface area contributed by atoms with Gasteiger partial charge in [-0.3, -0.25) is 9.59 Å². The zero-order valence-corrected chi connectivity index (χ0v) is 58.1. The highest BCUT2D eigenvalue weighted by molar-refractivity contribution is 5.76. The first-order valence-corrected chi connectivity index (χ1v) is 38.9. The van der Waals surface area contributed by atoms with Gasteiger partial charge in [0, 0.05) is 12.8 Å². The fourth-order valence-corrected chi connectivity index (χ4v) is 12.1. The molecule has 0 bridgehead atoms. The fourth-order valence-electron chi connectivity index (χ4n) is 12.1. The summed E-state index contributed by atoms with van der Waals surface area (Å²) in [6.07, 6.45) is 99.4. The Morgan fingerprint density at radius 1 is 0.326 bits per heavy atom. The second-order valence-corrected chi connectivity index (χ2v) is 26.7. The van der Waals surface area contributed by atoms with Crippen LogP contribution in [-0.2, 0) is 14.3 Å². The Labute approximate surface area is 537 Å². The van der Waals surface area contributed by atoms with Crippen LogP contribution >= 0.6 is 0 Å². The highest BCUT2D eigenvalue weighted by atomic mass is 16.5. The van der Waals surface area contributed by atoms with Crippen LogP contribution in [0.25, 0.3) is 0 Å². The van der Waals surface area contributed by atoms with Crippen molar-refractivity contribution in [3.8, 4) is 0 Å². The highest BCUT2D eigenvalue weighted by Crippen LogP contribution is 2.19. The first kappa shape index (κ1) is 83.8. The third-order valence-electron chi connectivity index (χ3n) is 18.1. The molecule has 1 amide bonds. The molecule has 0 fully saturated rings. The summed E-state index contributed by atoms with van der Waals surface area (Å²) in [6, 6.07) is -0.628. The quantitative estimate of drug-likeness (QED) is 0.0320. The predicted octanol–water partition coefficient (Wildman–Crippen LogP) is 25.6. The second-order valence-electron chi connectivity index (χ2n) is 26.7. The Morgan fingerprint density at radius 3 is 0.919 bits per heavy atom. The molecule has 3 N–H and O–H groups in total. The van der Waals surface area contributed by atoms with Crippen molar-refractivity contribution in [2.75, 3.05) is 13.2 Å². The number of carbonyl (C=O) groups excluding carboxylic acids is 2. The molecular weight excluding hydrogens is 1050 g/mol. The first-order chi connectivity index (χ1) is 42.5. The van der Waals surface area contributed by atoms with Gasteiger partial charge in [0.05, 0.1) is 25.4 Å². The van der Waals surface area contributed by atoms with Gasteiger partial charge in [-0.1, -0.05) is 371 Å². The number of hydrogen-bond acceptors (Lipinski definition) is 5. The van der Waals surface area contributed by atoms with Gasteiger partial charge in [-0.05, 0) is 89.9 Å². The topological polar surface area (TPSA) is 95.9 Å². The van der Waals surface area contributed by atoms with E-state index in [-0.39, 0.29) is 18.5 Å². The molecule has 6 nitrogen and oxygen atoms in total. The fraction of sp³-hybridized carbons (Fsp3) is 0.875. The van der Waals surface area contributed by atoms with E-state index in [1.165, 1.54) is 347 Å². The average Bonchev–Trinajstić information content (AvgIpc) is 3.54. The van der Waals surface area contributed by atoms with E-state index in [2.05, 4.69) is 55.6 Å². The van der Waals surface area contributed by atoms with Crippen LogP contribution in [-0.4, -0.2) is 47.4 Å². The van der Waals surface area contributed by atoms with Gasteiger partial charge in [0.1, 0.15) is 0 Å². The van der Waals surface area contributed by atoms with Crippen molar-refractivity contribution in [3.05, 3.63) is 48.6 Å². The van der Waals surface area contributed by atoms with Crippen LogP contribution in [0.5, 0.6) is 0 Å². The van der Waals surface area contributed by atoms with Crippen molar-refractivity contribution < 1.29 is 24.5 Å². The van der Waals surface area contributed by atoms with Crippen molar-refractivity contribution in [1.82, 2.24) is 5.32 Å². The zero-order chi connectivity index (χ0) is 62.0. The third kappa shape index (κ3) is 70.9. The van der Waals surface area contributed by atoms with Crippen molar-refractivity contribution in [2.45, 2.75) is 437 Å². The number of rotatable bonds is 73. The number of amides is 1. The van der Waals surface area contributed by atoms with Crippen LogP contribution in [0.1, 0.15) is 425 Å². The number of allylic oxidation sites excluding steroid dienone is 7. The molecule has 506 valence electrons. The summed E-state index contributed by atoms with van der Waals surface area (Å²) < 4.78 is 5.49. The number of ether oxygens (including phenoxy) is 1. The maximum atomic E-state index is 12.5. The second kappa shape index (κ2) is 75.3. The Morgan fingerprint density at radius 2 is 0.581 bits per heavy atom. The molecule has 0 aromatic rings. The van der Waals surface area contributed by atoms with Gasteiger partial charge >= 0.3 is 5.97 Å². The summed E-state index contributed by atoms with van der Waals surface area (Å²) in [5.41, 5.74) is 0. The summed E-state index contributed by atoms with van der Waals surface area (Å²) in [5, 5.41) is 23.3. The molecule has 0 aromatic carbocycles. The molecule has 0 heterocycles. The zero-order valence-electron chi connectivity index (χ0n) is 58.1. The molecule has 86 heavy (non-hydrogen) atoms. The van der Waals surface area contributed by atoms with Gasteiger partial charge in [0.25, 0.3) is 0 Å². The van der Waals surface area contributed by atoms with E-state index in [1.807, 2.05) is 6.08 Å². The van der Waals surface area contributed by atoms with Crippen molar-refractivity contribution in [3.63, 3.8) is 0 Å². The molecule has 0 aliphatic carbocycles. The van der Waals surface area contributed by atoms with E-state index in [9.17, 15) is 19.8 Å². The molecule has 0 spiro atoms. The predicted molar refractivity (Wildman–Crippen MR) is 379 cm³/mol. The summed E-state index contributed by atoms with van der Waals surface area (Å²) in [5.74, 6) is -0.0579. The van der Waals surface area contributed by atoms with Crippen LogP contribution in [0, 0.1) is 0 Å². The maximum absolute atomic E-state index is 12.5. The van der Waals surface area contributed by atoms with Crippen molar-refractivity contribution >= 4 is 11.9 Å². The molecule has 0 aliphatic rings. The lowest BCUT2D eigenvalue weighted by atomic mass is 10.0. The number of carbonyl (C=O) groups is 2. The SMILES string of the molecule is CCCCC/C=C\C/C=C\CCCCCCCC(=O)OCCCCCCCCCCCCCC/C=C\CCCCCCCCCCCCCCCCCC(=O)NC(CO)C(O)/C=C/CCCCCCCCCCCCCCCCCCCCCCC. The molecule has 0 aromatic heterocycles. The molecule has 2 atom stereocenters. The van der Waals surface area contributed by atoms with Gasteiger partial charge in [-0.15, -0.1) is 0 Å². The van der Waals surface area contributed by atoms with Crippen LogP contribution in [0.2, 0.25) is 0 Å². The summed E-state index contributed by atoms with van der Waals surface area (Å²) >= 11 is 0. The number of hydrogen-bond donors (Lipinski definition) is 3. The number of unbranched alkanes of at least 4 members (excludes halogenated alkanes) is 56. The number of nitrogens with one attached hydrogen (secondary N) is 1. The Hall–Kier alpha value is -2.18. The normalized spacial score (nSPS) is 12.7. The van der Waals surface area contributed by atoms with Crippen LogP contribution in [0.3, 0.4) is 0 Å². The summed E-state index contributed by atoms with van der Waals surface area (Å²) in [7, 11) is 0. The molecule has 6 heteroatoms. The molecule has 0 saturated carbocycles.